The van der Waals surface area contributed by atoms with E-state index in [1.54, 1.807) is 7.11 Å². The van der Waals surface area contributed by atoms with Crippen LogP contribution in [0.15, 0.2) is 24.3 Å². The normalized spacial score (nSPS) is 10.8. The molecule has 4 nitrogen and oxygen atoms in total. The van der Waals surface area contributed by atoms with Crippen LogP contribution in [0.2, 0.25) is 5.28 Å². The summed E-state index contributed by atoms with van der Waals surface area (Å²) in [6.45, 7) is 4.37. The van der Waals surface area contributed by atoms with Crippen molar-refractivity contribution in [1.29, 1.82) is 0 Å². The summed E-state index contributed by atoms with van der Waals surface area (Å²) >= 11 is 5.98. The van der Waals surface area contributed by atoms with Crippen molar-refractivity contribution >= 4 is 28.3 Å². The maximum absolute atomic E-state index is 5.98. The number of para-hydroxylation sites is 1. The Morgan fingerprint density at radius 3 is 2.78 bits per heavy atom. The minimum atomic E-state index is 0.277. The summed E-state index contributed by atoms with van der Waals surface area (Å²) in [6.07, 6.45) is 0. The maximum Gasteiger partial charge on any atom is 0.224 e. The van der Waals surface area contributed by atoms with E-state index in [-0.39, 0.29) is 5.28 Å². The highest BCUT2D eigenvalue weighted by atomic mass is 35.5. The largest absolute Gasteiger partial charge is 0.383 e. The van der Waals surface area contributed by atoms with Gasteiger partial charge in [0.1, 0.15) is 5.82 Å². The third kappa shape index (κ3) is 2.71. The molecule has 18 heavy (non-hydrogen) atoms. The quantitative estimate of drug-likeness (QED) is 0.779. The van der Waals surface area contributed by atoms with Crippen LogP contribution < -0.4 is 4.90 Å². The molecule has 0 atom stereocenters. The summed E-state index contributed by atoms with van der Waals surface area (Å²) < 4.78 is 5.12. The first-order chi connectivity index (χ1) is 8.76. The van der Waals surface area contributed by atoms with Crippen molar-refractivity contribution in [1.82, 2.24) is 9.97 Å². The molecule has 2 aromatic rings. The van der Waals surface area contributed by atoms with Crippen LogP contribution in [-0.2, 0) is 4.74 Å². The van der Waals surface area contributed by atoms with Crippen LogP contribution in [0.5, 0.6) is 0 Å². The van der Waals surface area contributed by atoms with Gasteiger partial charge in [0, 0.05) is 25.6 Å². The molecule has 0 aliphatic heterocycles. The maximum atomic E-state index is 5.98. The molecule has 0 aliphatic carbocycles. The standard InChI is InChI=1S/C13H16ClN3O/c1-3-17(8-9-18-2)12-10-6-4-5-7-11(10)15-13(14)16-12/h4-7H,3,8-9H2,1-2H3. The first-order valence-electron chi connectivity index (χ1n) is 5.92. The summed E-state index contributed by atoms with van der Waals surface area (Å²) in [7, 11) is 1.69. The van der Waals surface area contributed by atoms with Crippen LogP contribution in [0.3, 0.4) is 0 Å². The summed E-state index contributed by atoms with van der Waals surface area (Å²) in [5.74, 6) is 0.866. The molecule has 0 bridgehead atoms. The van der Waals surface area contributed by atoms with Crippen LogP contribution in [0.1, 0.15) is 6.92 Å². The zero-order valence-electron chi connectivity index (χ0n) is 10.6. The van der Waals surface area contributed by atoms with Crippen molar-refractivity contribution in [2.24, 2.45) is 0 Å². The first-order valence-corrected chi connectivity index (χ1v) is 6.30. The van der Waals surface area contributed by atoms with E-state index in [2.05, 4.69) is 21.8 Å². The number of nitrogens with zero attached hydrogens (tertiary/aromatic N) is 3. The second-order valence-electron chi connectivity index (χ2n) is 3.91. The highest BCUT2D eigenvalue weighted by Gasteiger charge is 2.12. The van der Waals surface area contributed by atoms with Gasteiger partial charge in [-0.1, -0.05) is 12.1 Å². The molecule has 0 fully saturated rings. The van der Waals surface area contributed by atoms with Crippen molar-refractivity contribution in [2.75, 3.05) is 31.7 Å². The molecule has 96 valence electrons. The van der Waals surface area contributed by atoms with Gasteiger partial charge < -0.3 is 9.64 Å². The predicted octanol–water partition coefficient (Wildman–Crippen LogP) is 2.76. The Balaban J connectivity index is 2.47. The predicted molar refractivity (Wildman–Crippen MR) is 74.3 cm³/mol. The van der Waals surface area contributed by atoms with Crippen molar-refractivity contribution < 1.29 is 4.74 Å². The highest BCUT2D eigenvalue weighted by Crippen LogP contribution is 2.24. The van der Waals surface area contributed by atoms with E-state index < -0.39 is 0 Å². The fraction of sp³-hybridized carbons (Fsp3) is 0.385. The SMILES string of the molecule is CCN(CCOC)c1nc(Cl)nc2ccccc12. The Morgan fingerprint density at radius 2 is 2.06 bits per heavy atom. The van der Waals surface area contributed by atoms with Gasteiger partial charge in [-0.25, -0.2) is 4.98 Å². The topological polar surface area (TPSA) is 38.2 Å². The van der Waals surface area contributed by atoms with Crippen LogP contribution >= 0.6 is 11.6 Å². The minimum Gasteiger partial charge on any atom is -0.383 e. The number of anilines is 1. The van der Waals surface area contributed by atoms with Crippen molar-refractivity contribution in [3.63, 3.8) is 0 Å². The summed E-state index contributed by atoms with van der Waals surface area (Å²) in [4.78, 5) is 10.7. The second-order valence-corrected chi connectivity index (χ2v) is 4.24. The molecule has 2 rings (SSSR count). The molecule has 0 radical (unpaired) electrons. The molecule has 0 amide bonds. The van der Waals surface area contributed by atoms with Gasteiger partial charge in [-0.2, -0.15) is 4.98 Å². The van der Waals surface area contributed by atoms with E-state index in [0.717, 1.165) is 29.8 Å². The van der Waals surface area contributed by atoms with Gasteiger partial charge in [0.15, 0.2) is 0 Å². The molecular weight excluding hydrogens is 250 g/mol. The fourth-order valence-electron chi connectivity index (χ4n) is 1.89. The summed E-state index contributed by atoms with van der Waals surface area (Å²) in [5.41, 5.74) is 0.864. The Hall–Kier alpha value is -1.39. The van der Waals surface area contributed by atoms with Gasteiger partial charge >= 0.3 is 0 Å². The zero-order valence-corrected chi connectivity index (χ0v) is 11.3. The summed E-state index contributed by atoms with van der Waals surface area (Å²) in [6, 6.07) is 7.88. The number of benzene rings is 1. The van der Waals surface area contributed by atoms with Crippen LogP contribution in [-0.4, -0.2) is 36.8 Å². The molecule has 0 spiro atoms. The number of likely N-dealkylation sites (N-methyl/N-ethyl adjacent to an activating group) is 1. The zero-order chi connectivity index (χ0) is 13.0. The summed E-state index contributed by atoms with van der Waals surface area (Å²) in [5, 5.41) is 1.29. The number of hydrogen-bond acceptors (Lipinski definition) is 4. The first kappa shape index (κ1) is 13.1. The fourth-order valence-corrected chi connectivity index (χ4v) is 2.06. The van der Waals surface area contributed by atoms with Gasteiger partial charge in [0.2, 0.25) is 5.28 Å². The highest BCUT2D eigenvalue weighted by molar-refractivity contribution is 6.28. The number of halogens is 1. The van der Waals surface area contributed by atoms with E-state index >= 15 is 0 Å². The number of rotatable bonds is 5. The van der Waals surface area contributed by atoms with E-state index in [4.69, 9.17) is 16.3 Å². The van der Waals surface area contributed by atoms with E-state index in [1.807, 2.05) is 24.3 Å². The molecule has 0 aliphatic rings. The van der Waals surface area contributed by atoms with Gasteiger partial charge in [0.05, 0.1) is 12.1 Å². The molecule has 5 heteroatoms. The molecule has 0 unspecified atom stereocenters. The average Bonchev–Trinajstić information content (AvgIpc) is 2.39. The molecule has 1 aromatic heterocycles. The lowest BCUT2D eigenvalue weighted by Gasteiger charge is -2.22. The Morgan fingerprint density at radius 1 is 1.28 bits per heavy atom. The van der Waals surface area contributed by atoms with Crippen LogP contribution in [0.25, 0.3) is 10.9 Å². The van der Waals surface area contributed by atoms with Crippen LogP contribution in [0.4, 0.5) is 5.82 Å². The third-order valence-corrected chi connectivity index (χ3v) is 2.97. The van der Waals surface area contributed by atoms with Gasteiger partial charge in [-0.15, -0.1) is 0 Å². The Kier molecular flexibility index (Phi) is 4.33. The van der Waals surface area contributed by atoms with Crippen molar-refractivity contribution in [2.45, 2.75) is 6.92 Å². The third-order valence-electron chi connectivity index (χ3n) is 2.80. The monoisotopic (exact) mass is 265 g/mol. The minimum absolute atomic E-state index is 0.277. The lowest BCUT2D eigenvalue weighted by molar-refractivity contribution is 0.205. The lowest BCUT2D eigenvalue weighted by atomic mass is 10.2. The van der Waals surface area contributed by atoms with Crippen LogP contribution in [0, 0.1) is 0 Å². The van der Waals surface area contributed by atoms with Gasteiger partial charge in [-0.05, 0) is 30.7 Å². The van der Waals surface area contributed by atoms with E-state index in [1.165, 1.54) is 0 Å². The lowest BCUT2D eigenvalue weighted by Crippen LogP contribution is -2.28. The Bertz CT molecular complexity index is 533. The van der Waals surface area contributed by atoms with Crippen molar-refractivity contribution in [3.05, 3.63) is 29.5 Å². The average molecular weight is 266 g/mol. The van der Waals surface area contributed by atoms with E-state index in [9.17, 15) is 0 Å². The van der Waals surface area contributed by atoms with Gasteiger partial charge in [0.25, 0.3) is 0 Å². The number of hydrogen-bond donors (Lipinski definition) is 0. The number of aromatic nitrogens is 2. The number of fused-ring (bicyclic) bond motifs is 1. The molecule has 0 N–H and O–H groups in total. The molecular formula is C13H16ClN3O. The van der Waals surface area contributed by atoms with Gasteiger partial charge in [-0.3, -0.25) is 0 Å². The smallest absolute Gasteiger partial charge is 0.224 e. The van der Waals surface area contributed by atoms with E-state index in [0.29, 0.717) is 6.61 Å². The molecule has 1 aromatic carbocycles. The molecule has 0 saturated carbocycles. The number of ether oxygens (including phenoxy) is 1. The molecule has 0 saturated heterocycles. The number of methoxy groups -OCH3 is 1. The van der Waals surface area contributed by atoms with Crippen molar-refractivity contribution in [3.8, 4) is 0 Å². The Labute approximate surface area is 112 Å². The molecule has 1 heterocycles. The second kappa shape index (κ2) is 5.98.